The van der Waals surface area contributed by atoms with Crippen molar-refractivity contribution in [1.82, 2.24) is 14.8 Å². The molecule has 19 heavy (non-hydrogen) atoms. The lowest BCUT2D eigenvalue weighted by molar-refractivity contribution is -0.133. The Morgan fingerprint density at radius 2 is 2.47 bits per heavy atom. The van der Waals surface area contributed by atoms with E-state index in [-0.39, 0.29) is 11.8 Å². The summed E-state index contributed by atoms with van der Waals surface area (Å²) in [6.07, 6.45) is 5.01. The number of carboxylic acids is 1. The summed E-state index contributed by atoms with van der Waals surface area (Å²) in [6.45, 7) is 2.05. The molecule has 6 nitrogen and oxygen atoms in total. The van der Waals surface area contributed by atoms with Crippen LogP contribution in [0.2, 0.25) is 0 Å². The second-order valence-corrected chi connectivity index (χ2v) is 5.11. The molecule has 0 aliphatic heterocycles. The average molecular weight is 281 g/mol. The fraction of sp³-hybridized carbons (Fsp3) is 0.417. The quantitative estimate of drug-likeness (QED) is 0.784. The minimum atomic E-state index is -0.859. The maximum absolute atomic E-state index is 10.6. The minimum absolute atomic E-state index is 0.0103. The number of aliphatic carboxylic acids is 1. The summed E-state index contributed by atoms with van der Waals surface area (Å²) < 4.78 is 7.19. The van der Waals surface area contributed by atoms with Gasteiger partial charge in [-0.3, -0.25) is 4.79 Å². The van der Waals surface area contributed by atoms with Crippen molar-refractivity contribution in [1.29, 1.82) is 0 Å². The van der Waals surface area contributed by atoms with Gasteiger partial charge in [0, 0.05) is 12.5 Å². The Labute approximate surface area is 114 Å². The maximum atomic E-state index is 10.6. The van der Waals surface area contributed by atoms with Crippen molar-refractivity contribution in [2.24, 2.45) is 0 Å². The van der Waals surface area contributed by atoms with Gasteiger partial charge >= 0.3 is 5.97 Å². The topological polar surface area (TPSA) is 81.2 Å². The second-order valence-electron chi connectivity index (χ2n) is 4.17. The summed E-state index contributed by atoms with van der Waals surface area (Å²) in [4.78, 5) is 10.6. The van der Waals surface area contributed by atoms with Gasteiger partial charge in [0.1, 0.15) is 12.1 Å². The predicted molar refractivity (Wildman–Crippen MR) is 70.1 cm³/mol. The number of aromatic nitrogens is 3. The van der Waals surface area contributed by atoms with Crippen molar-refractivity contribution in [2.75, 3.05) is 5.75 Å². The van der Waals surface area contributed by atoms with Gasteiger partial charge in [0.05, 0.1) is 12.0 Å². The van der Waals surface area contributed by atoms with Gasteiger partial charge in [0.25, 0.3) is 0 Å². The molecule has 0 aromatic carbocycles. The summed E-state index contributed by atoms with van der Waals surface area (Å²) >= 11 is 1.18. The normalized spacial score (nSPS) is 12.5. The van der Waals surface area contributed by atoms with E-state index < -0.39 is 5.97 Å². The third-order valence-corrected chi connectivity index (χ3v) is 3.67. The van der Waals surface area contributed by atoms with Crippen LogP contribution in [-0.4, -0.2) is 31.6 Å². The van der Waals surface area contributed by atoms with Crippen LogP contribution in [0, 0.1) is 0 Å². The molecule has 1 atom stereocenters. The van der Waals surface area contributed by atoms with Gasteiger partial charge in [0.15, 0.2) is 5.16 Å². The van der Waals surface area contributed by atoms with E-state index in [1.807, 2.05) is 16.7 Å². The molecule has 2 heterocycles. The number of thioether (sulfide) groups is 1. The summed E-state index contributed by atoms with van der Waals surface area (Å²) in [7, 11) is 0. The number of carbonyl (C=O) groups is 1. The number of hydrogen-bond acceptors (Lipinski definition) is 5. The molecule has 0 saturated heterocycles. The van der Waals surface area contributed by atoms with Crippen molar-refractivity contribution in [3.63, 3.8) is 0 Å². The summed E-state index contributed by atoms with van der Waals surface area (Å²) in [5, 5.41) is 17.1. The zero-order valence-electron chi connectivity index (χ0n) is 10.5. The molecule has 0 aliphatic rings. The Balaban J connectivity index is 1.93. The number of furan rings is 1. The molecular weight excluding hydrogens is 266 g/mol. The molecular formula is C12H15N3O3S. The van der Waals surface area contributed by atoms with Crippen LogP contribution in [0.3, 0.4) is 0 Å². The van der Waals surface area contributed by atoms with Crippen molar-refractivity contribution in [3.8, 4) is 0 Å². The van der Waals surface area contributed by atoms with Crippen LogP contribution in [0.4, 0.5) is 0 Å². The molecule has 7 heteroatoms. The van der Waals surface area contributed by atoms with E-state index in [1.54, 1.807) is 12.6 Å². The van der Waals surface area contributed by atoms with E-state index in [0.717, 1.165) is 18.6 Å². The first-order chi connectivity index (χ1) is 9.16. The molecule has 2 rings (SSSR count). The molecule has 0 saturated carbocycles. The van der Waals surface area contributed by atoms with Crippen LogP contribution in [0.15, 0.2) is 34.3 Å². The Morgan fingerprint density at radius 3 is 3.16 bits per heavy atom. The van der Waals surface area contributed by atoms with E-state index in [0.29, 0.717) is 5.16 Å². The van der Waals surface area contributed by atoms with Gasteiger partial charge in [-0.05, 0) is 25.5 Å². The number of rotatable bonds is 7. The predicted octanol–water partition coefficient (Wildman–Crippen LogP) is 2.24. The number of aryl methyl sites for hydroxylation is 1. The van der Waals surface area contributed by atoms with Crippen LogP contribution in [-0.2, 0) is 11.2 Å². The Bertz CT molecular complexity index is 524. The summed E-state index contributed by atoms with van der Waals surface area (Å²) in [5.41, 5.74) is 0. The van der Waals surface area contributed by atoms with Crippen LogP contribution >= 0.6 is 11.8 Å². The highest BCUT2D eigenvalue weighted by Gasteiger charge is 2.13. The van der Waals surface area contributed by atoms with E-state index in [9.17, 15) is 4.79 Å². The molecule has 1 unspecified atom stereocenters. The molecule has 0 spiro atoms. The van der Waals surface area contributed by atoms with Crippen molar-refractivity contribution >= 4 is 17.7 Å². The fourth-order valence-corrected chi connectivity index (χ4v) is 2.44. The summed E-state index contributed by atoms with van der Waals surface area (Å²) in [5.74, 6) is 0.0753. The highest BCUT2D eigenvalue weighted by Crippen LogP contribution is 2.22. The largest absolute Gasteiger partial charge is 0.481 e. The molecule has 0 radical (unpaired) electrons. The monoisotopic (exact) mass is 281 g/mol. The van der Waals surface area contributed by atoms with Gasteiger partial charge in [-0.1, -0.05) is 11.8 Å². The van der Waals surface area contributed by atoms with Gasteiger partial charge in [-0.25, -0.2) is 0 Å². The first kappa shape index (κ1) is 13.7. The molecule has 0 amide bonds. The van der Waals surface area contributed by atoms with Crippen molar-refractivity contribution in [2.45, 2.75) is 31.0 Å². The first-order valence-corrected chi connectivity index (χ1v) is 6.92. The second kappa shape index (κ2) is 6.42. The fourth-order valence-electron chi connectivity index (χ4n) is 1.71. The molecule has 2 aromatic heterocycles. The highest BCUT2D eigenvalue weighted by molar-refractivity contribution is 7.99. The smallest absolute Gasteiger partial charge is 0.313 e. The lowest BCUT2D eigenvalue weighted by Crippen LogP contribution is -2.08. The SMILES string of the molecule is CC(CCc1ccco1)n1cnnc1SCC(=O)O. The molecule has 2 aromatic rings. The van der Waals surface area contributed by atoms with E-state index >= 15 is 0 Å². The molecule has 0 bridgehead atoms. The molecule has 0 fully saturated rings. The highest BCUT2D eigenvalue weighted by atomic mass is 32.2. The van der Waals surface area contributed by atoms with Crippen molar-refractivity contribution < 1.29 is 14.3 Å². The molecule has 1 N–H and O–H groups in total. The maximum Gasteiger partial charge on any atom is 0.313 e. The standard InChI is InChI=1S/C12H15N3O3S/c1-9(4-5-10-3-2-6-18-10)15-8-13-14-12(15)19-7-11(16)17/h2-3,6,8-9H,4-5,7H2,1H3,(H,16,17). The van der Waals surface area contributed by atoms with E-state index in [1.165, 1.54) is 11.8 Å². The van der Waals surface area contributed by atoms with E-state index in [4.69, 9.17) is 9.52 Å². The first-order valence-electron chi connectivity index (χ1n) is 5.93. The zero-order chi connectivity index (χ0) is 13.7. The van der Waals surface area contributed by atoms with Gasteiger partial charge in [-0.15, -0.1) is 10.2 Å². The number of carboxylic acid groups (broad SMARTS) is 1. The van der Waals surface area contributed by atoms with Crippen LogP contribution in [0.1, 0.15) is 25.1 Å². The third kappa shape index (κ3) is 3.85. The average Bonchev–Trinajstić information content (AvgIpc) is 3.04. The van der Waals surface area contributed by atoms with E-state index in [2.05, 4.69) is 17.1 Å². The zero-order valence-corrected chi connectivity index (χ0v) is 11.3. The molecule has 0 aliphatic carbocycles. The number of hydrogen-bond donors (Lipinski definition) is 1. The molecule has 102 valence electrons. The summed E-state index contributed by atoms with van der Waals surface area (Å²) in [6, 6.07) is 4.00. The third-order valence-electron chi connectivity index (χ3n) is 2.73. The van der Waals surface area contributed by atoms with Crippen LogP contribution in [0.25, 0.3) is 0 Å². The van der Waals surface area contributed by atoms with Gasteiger partial charge < -0.3 is 14.1 Å². The Hall–Kier alpha value is -1.76. The Kier molecular flexibility index (Phi) is 4.62. The van der Waals surface area contributed by atoms with Crippen LogP contribution in [0.5, 0.6) is 0 Å². The van der Waals surface area contributed by atoms with Gasteiger partial charge in [0.2, 0.25) is 0 Å². The van der Waals surface area contributed by atoms with Gasteiger partial charge in [-0.2, -0.15) is 0 Å². The Morgan fingerprint density at radius 1 is 1.63 bits per heavy atom. The number of nitrogens with zero attached hydrogens (tertiary/aromatic N) is 3. The van der Waals surface area contributed by atoms with Crippen molar-refractivity contribution in [3.05, 3.63) is 30.5 Å². The lowest BCUT2D eigenvalue weighted by atomic mass is 10.1. The minimum Gasteiger partial charge on any atom is -0.481 e. The lowest BCUT2D eigenvalue weighted by Gasteiger charge is -2.13. The van der Waals surface area contributed by atoms with Crippen LogP contribution < -0.4 is 0 Å².